The molecule has 1 atom stereocenters. The van der Waals surface area contributed by atoms with Crippen LogP contribution in [-0.2, 0) is 0 Å². The molecule has 0 aliphatic rings. The van der Waals surface area contributed by atoms with Crippen LogP contribution in [-0.4, -0.2) is 29.6 Å². The highest BCUT2D eigenvalue weighted by atomic mass is 19.1. The summed E-state index contributed by atoms with van der Waals surface area (Å²) >= 11 is 0. The van der Waals surface area contributed by atoms with Crippen LogP contribution in [0, 0.1) is 5.82 Å². The molecule has 4 nitrogen and oxygen atoms in total. The van der Waals surface area contributed by atoms with Crippen LogP contribution in [0.15, 0.2) is 6.20 Å². The lowest BCUT2D eigenvalue weighted by atomic mass is 10.2. The maximum atomic E-state index is 13.9. The van der Waals surface area contributed by atoms with Crippen LogP contribution < -0.4 is 10.2 Å². The van der Waals surface area contributed by atoms with E-state index in [0.29, 0.717) is 11.8 Å². The first kappa shape index (κ1) is 14.7. The van der Waals surface area contributed by atoms with E-state index in [1.807, 2.05) is 4.90 Å². The topological polar surface area (TPSA) is 41.1 Å². The second-order valence-corrected chi connectivity index (χ2v) is 4.42. The van der Waals surface area contributed by atoms with E-state index in [4.69, 9.17) is 0 Å². The average molecular weight is 254 g/mol. The largest absolute Gasteiger partial charge is 0.357 e. The van der Waals surface area contributed by atoms with Gasteiger partial charge in [0.2, 0.25) is 5.95 Å². The Balaban J connectivity index is 3.02. The van der Waals surface area contributed by atoms with Gasteiger partial charge in [-0.3, -0.25) is 0 Å². The van der Waals surface area contributed by atoms with Crippen LogP contribution in [0.4, 0.5) is 16.2 Å². The highest BCUT2D eigenvalue weighted by Gasteiger charge is 2.18. The van der Waals surface area contributed by atoms with Crippen molar-refractivity contribution in [2.24, 2.45) is 0 Å². The minimum absolute atomic E-state index is 0.269. The normalized spacial score (nSPS) is 12.3. The van der Waals surface area contributed by atoms with Gasteiger partial charge < -0.3 is 10.2 Å². The van der Waals surface area contributed by atoms with Gasteiger partial charge >= 0.3 is 0 Å². The Bertz CT molecular complexity index is 370. The Morgan fingerprint density at radius 1 is 1.44 bits per heavy atom. The quantitative estimate of drug-likeness (QED) is 0.812. The summed E-state index contributed by atoms with van der Waals surface area (Å²) in [5.74, 6) is 0.499. The van der Waals surface area contributed by atoms with E-state index in [1.54, 1.807) is 7.05 Å². The number of hydrogen-bond donors (Lipinski definition) is 1. The van der Waals surface area contributed by atoms with Crippen molar-refractivity contribution >= 4 is 11.8 Å². The second kappa shape index (κ2) is 7.13. The Morgan fingerprint density at radius 2 is 2.17 bits per heavy atom. The van der Waals surface area contributed by atoms with Gasteiger partial charge in [0.25, 0.3) is 0 Å². The SMILES string of the molecule is CCCCN(c1nc(NC)ncc1F)C(C)CC. The predicted molar refractivity (Wildman–Crippen MR) is 73.5 cm³/mol. The number of rotatable bonds is 7. The average Bonchev–Trinajstić information content (AvgIpc) is 2.40. The van der Waals surface area contributed by atoms with E-state index in [9.17, 15) is 4.39 Å². The molecule has 1 rings (SSSR count). The number of nitrogens with zero attached hydrogens (tertiary/aromatic N) is 3. The molecule has 5 heteroatoms. The molecule has 102 valence electrons. The lowest BCUT2D eigenvalue weighted by Gasteiger charge is -2.30. The zero-order valence-corrected chi connectivity index (χ0v) is 11.7. The van der Waals surface area contributed by atoms with Crippen molar-refractivity contribution in [1.82, 2.24) is 9.97 Å². The molecule has 0 radical (unpaired) electrons. The van der Waals surface area contributed by atoms with Crippen LogP contribution in [0.5, 0.6) is 0 Å². The van der Waals surface area contributed by atoms with Gasteiger partial charge in [-0.1, -0.05) is 20.3 Å². The molecule has 0 fully saturated rings. The Hall–Kier alpha value is -1.39. The molecule has 1 N–H and O–H groups in total. The van der Waals surface area contributed by atoms with Crippen LogP contribution in [0.25, 0.3) is 0 Å². The molecular weight excluding hydrogens is 231 g/mol. The number of unbranched alkanes of at least 4 members (excludes halogenated alkanes) is 1. The summed E-state index contributed by atoms with van der Waals surface area (Å²) in [6, 6.07) is 0.269. The van der Waals surface area contributed by atoms with E-state index >= 15 is 0 Å². The third kappa shape index (κ3) is 3.55. The summed E-state index contributed by atoms with van der Waals surface area (Å²) in [6.07, 6.45) is 4.30. The van der Waals surface area contributed by atoms with Gasteiger partial charge in [0.05, 0.1) is 6.20 Å². The van der Waals surface area contributed by atoms with Crippen LogP contribution in [0.2, 0.25) is 0 Å². The first-order chi connectivity index (χ1) is 8.63. The van der Waals surface area contributed by atoms with Gasteiger partial charge in [0.1, 0.15) is 0 Å². The molecule has 0 amide bonds. The fraction of sp³-hybridized carbons (Fsp3) is 0.692. The molecule has 0 aliphatic heterocycles. The Labute approximate surface area is 109 Å². The van der Waals surface area contributed by atoms with E-state index in [2.05, 4.69) is 36.1 Å². The zero-order valence-electron chi connectivity index (χ0n) is 11.7. The van der Waals surface area contributed by atoms with Crippen molar-refractivity contribution in [2.75, 3.05) is 23.8 Å². The smallest absolute Gasteiger partial charge is 0.224 e. The lowest BCUT2D eigenvalue weighted by molar-refractivity contribution is 0.552. The molecule has 0 bridgehead atoms. The molecule has 1 unspecified atom stereocenters. The highest BCUT2D eigenvalue weighted by molar-refractivity contribution is 5.44. The minimum atomic E-state index is -0.356. The predicted octanol–water partition coefficient (Wildman–Crippen LogP) is 3.06. The molecule has 0 aromatic carbocycles. The second-order valence-electron chi connectivity index (χ2n) is 4.42. The summed E-state index contributed by atoms with van der Waals surface area (Å²) in [4.78, 5) is 10.2. The van der Waals surface area contributed by atoms with Gasteiger partial charge in [-0.2, -0.15) is 4.98 Å². The molecule has 0 saturated carbocycles. The van der Waals surface area contributed by atoms with E-state index < -0.39 is 0 Å². The van der Waals surface area contributed by atoms with Crippen molar-refractivity contribution in [3.63, 3.8) is 0 Å². The van der Waals surface area contributed by atoms with Crippen molar-refractivity contribution < 1.29 is 4.39 Å². The number of halogens is 1. The van der Waals surface area contributed by atoms with E-state index in [1.165, 1.54) is 6.20 Å². The van der Waals surface area contributed by atoms with Crippen molar-refractivity contribution in [3.8, 4) is 0 Å². The van der Waals surface area contributed by atoms with E-state index in [0.717, 1.165) is 25.8 Å². The third-order valence-electron chi connectivity index (χ3n) is 3.10. The molecule has 1 heterocycles. The lowest BCUT2D eigenvalue weighted by Crippen LogP contribution is -2.35. The number of aromatic nitrogens is 2. The van der Waals surface area contributed by atoms with Gasteiger partial charge in [-0.15, -0.1) is 0 Å². The molecule has 1 aromatic rings. The summed E-state index contributed by atoms with van der Waals surface area (Å²) < 4.78 is 13.9. The molecule has 1 aromatic heterocycles. The van der Waals surface area contributed by atoms with Gasteiger partial charge in [0.15, 0.2) is 11.6 Å². The number of hydrogen-bond acceptors (Lipinski definition) is 4. The van der Waals surface area contributed by atoms with Crippen LogP contribution >= 0.6 is 0 Å². The third-order valence-corrected chi connectivity index (χ3v) is 3.10. The Morgan fingerprint density at radius 3 is 2.72 bits per heavy atom. The zero-order chi connectivity index (χ0) is 13.5. The van der Waals surface area contributed by atoms with E-state index in [-0.39, 0.29) is 11.9 Å². The summed E-state index contributed by atoms with van der Waals surface area (Å²) in [5.41, 5.74) is 0. The van der Waals surface area contributed by atoms with Crippen molar-refractivity contribution in [2.45, 2.75) is 46.1 Å². The maximum Gasteiger partial charge on any atom is 0.224 e. The monoisotopic (exact) mass is 254 g/mol. The minimum Gasteiger partial charge on any atom is -0.357 e. The molecule has 18 heavy (non-hydrogen) atoms. The van der Waals surface area contributed by atoms with Gasteiger partial charge in [-0.25, -0.2) is 9.37 Å². The molecule has 0 saturated heterocycles. The van der Waals surface area contributed by atoms with Gasteiger partial charge in [-0.05, 0) is 19.8 Å². The molecule has 0 aliphatic carbocycles. The maximum absolute atomic E-state index is 13.9. The Kier molecular flexibility index (Phi) is 5.82. The first-order valence-electron chi connectivity index (χ1n) is 6.60. The summed E-state index contributed by atoms with van der Waals surface area (Å²) in [6.45, 7) is 7.14. The highest BCUT2D eigenvalue weighted by Crippen LogP contribution is 2.21. The summed E-state index contributed by atoms with van der Waals surface area (Å²) in [7, 11) is 1.73. The first-order valence-corrected chi connectivity index (χ1v) is 6.60. The molecular formula is C13H23FN4. The fourth-order valence-electron chi connectivity index (χ4n) is 1.76. The van der Waals surface area contributed by atoms with Crippen LogP contribution in [0.3, 0.4) is 0 Å². The van der Waals surface area contributed by atoms with Crippen molar-refractivity contribution in [1.29, 1.82) is 0 Å². The fourth-order valence-corrected chi connectivity index (χ4v) is 1.76. The van der Waals surface area contributed by atoms with Crippen LogP contribution in [0.1, 0.15) is 40.0 Å². The number of nitrogens with one attached hydrogen (secondary N) is 1. The van der Waals surface area contributed by atoms with Gasteiger partial charge in [0, 0.05) is 19.6 Å². The molecule has 0 spiro atoms. The van der Waals surface area contributed by atoms with Crippen molar-refractivity contribution in [3.05, 3.63) is 12.0 Å². The summed E-state index contributed by atoms with van der Waals surface area (Å²) in [5, 5.41) is 2.85. The number of anilines is 2. The standard InChI is InChI=1S/C13H23FN4/c1-5-7-8-18(10(3)6-2)12-11(14)9-16-13(15-4)17-12/h9-10H,5-8H2,1-4H3,(H,15,16,17).